The van der Waals surface area contributed by atoms with Crippen LogP contribution in [-0.4, -0.2) is 12.5 Å². The van der Waals surface area contributed by atoms with Crippen molar-refractivity contribution in [3.05, 3.63) is 65.2 Å². The number of hydrogen-bond acceptors (Lipinski definition) is 2. The van der Waals surface area contributed by atoms with Gasteiger partial charge in [-0.25, -0.2) is 0 Å². The number of aryl methyl sites for hydroxylation is 2. The molecule has 1 amide bonds. The summed E-state index contributed by atoms with van der Waals surface area (Å²) in [5, 5.41) is 0. The highest BCUT2D eigenvalue weighted by Crippen LogP contribution is 2.28. The molecule has 3 heteroatoms. The number of carbonyl (C=O) groups excluding carboxylic acids is 1. The van der Waals surface area contributed by atoms with Crippen molar-refractivity contribution in [3.8, 4) is 0 Å². The van der Waals surface area contributed by atoms with Crippen molar-refractivity contribution in [2.24, 2.45) is 5.73 Å². The summed E-state index contributed by atoms with van der Waals surface area (Å²) in [4.78, 5) is 14.4. The third-order valence-electron chi connectivity index (χ3n) is 4.05. The Balaban J connectivity index is 2.04. The summed E-state index contributed by atoms with van der Waals surface area (Å²) >= 11 is 0. The van der Waals surface area contributed by atoms with Crippen molar-refractivity contribution in [1.29, 1.82) is 0 Å². The third-order valence-corrected chi connectivity index (χ3v) is 4.05. The lowest BCUT2D eigenvalue weighted by Gasteiger charge is -2.28. The lowest BCUT2D eigenvalue weighted by Crippen LogP contribution is -2.33. The average molecular weight is 280 g/mol. The van der Waals surface area contributed by atoms with Gasteiger partial charge in [-0.15, -0.1) is 0 Å². The molecule has 0 saturated heterocycles. The monoisotopic (exact) mass is 280 g/mol. The molecule has 3 nitrogen and oxygen atoms in total. The molecule has 0 radical (unpaired) electrons. The fraction of sp³-hybridized carbons (Fsp3) is 0.278. The summed E-state index contributed by atoms with van der Waals surface area (Å²) in [5.74, 6) is 0.0988. The average Bonchev–Trinajstić information content (AvgIpc) is 2.50. The molecule has 108 valence electrons. The Bertz CT molecular complexity index is 651. The number of hydrogen-bond donors (Lipinski definition) is 1. The van der Waals surface area contributed by atoms with E-state index in [1.165, 1.54) is 16.7 Å². The Morgan fingerprint density at radius 3 is 2.33 bits per heavy atom. The Morgan fingerprint density at radius 1 is 0.952 bits per heavy atom. The SMILES string of the molecule is NCCC(=O)N1Cc2ccccc2CCc2ccccc21. The molecule has 1 aliphatic heterocycles. The zero-order chi connectivity index (χ0) is 14.7. The van der Waals surface area contributed by atoms with Gasteiger partial charge >= 0.3 is 0 Å². The molecule has 2 N–H and O–H groups in total. The zero-order valence-electron chi connectivity index (χ0n) is 12.1. The lowest BCUT2D eigenvalue weighted by molar-refractivity contribution is -0.118. The van der Waals surface area contributed by atoms with Gasteiger partial charge in [0, 0.05) is 18.7 Å². The third kappa shape index (κ3) is 2.83. The number of benzene rings is 2. The van der Waals surface area contributed by atoms with E-state index < -0.39 is 0 Å². The maximum Gasteiger partial charge on any atom is 0.228 e. The molecule has 3 rings (SSSR count). The second-order valence-corrected chi connectivity index (χ2v) is 5.42. The minimum atomic E-state index is 0.0988. The predicted molar refractivity (Wildman–Crippen MR) is 85.2 cm³/mol. The summed E-state index contributed by atoms with van der Waals surface area (Å²) < 4.78 is 0. The van der Waals surface area contributed by atoms with Crippen LogP contribution in [0.5, 0.6) is 0 Å². The number of anilines is 1. The number of amides is 1. The first-order valence-corrected chi connectivity index (χ1v) is 7.44. The number of fused-ring (bicyclic) bond motifs is 2. The van der Waals surface area contributed by atoms with E-state index in [0.29, 0.717) is 19.5 Å². The molecular formula is C18H20N2O. The number of nitrogens with zero attached hydrogens (tertiary/aromatic N) is 1. The van der Waals surface area contributed by atoms with Crippen molar-refractivity contribution in [1.82, 2.24) is 0 Å². The fourth-order valence-corrected chi connectivity index (χ4v) is 2.95. The van der Waals surface area contributed by atoms with Crippen molar-refractivity contribution in [2.75, 3.05) is 11.4 Å². The van der Waals surface area contributed by atoms with Crippen LogP contribution in [0.25, 0.3) is 0 Å². The van der Waals surface area contributed by atoms with Gasteiger partial charge in [0.2, 0.25) is 5.91 Å². The predicted octanol–water partition coefficient (Wildman–Crippen LogP) is 2.67. The van der Waals surface area contributed by atoms with Gasteiger partial charge in [0.15, 0.2) is 0 Å². The number of rotatable bonds is 2. The number of para-hydroxylation sites is 1. The largest absolute Gasteiger partial charge is 0.330 e. The van der Waals surface area contributed by atoms with Crippen LogP contribution in [0, 0.1) is 0 Å². The van der Waals surface area contributed by atoms with Gasteiger partial charge in [0.05, 0.1) is 6.54 Å². The zero-order valence-corrected chi connectivity index (χ0v) is 12.1. The van der Waals surface area contributed by atoms with E-state index in [1.807, 2.05) is 29.2 Å². The Morgan fingerprint density at radius 2 is 1.57 bits per heavy atom. The lowest BCUT2D eigenvalue weighted by atomic mass is 9.95. The first-order valence-electron chi connectivity index (χ1n) is 7.44. The highest BCUT2D eigenvalue weighted by atomic mass is 16.2. The van der Waals surface area contributed by atoms with Crippen LogP contribution in [0.4, 0.5) is 5.69 Å². The number of carbonyl (C=O) groups is 1. The molecule has 2 aromatic carbocycles. The van der Waals surface area contributed by atoms with Crippen LogP contribution in [0.15, 0.2) is 48.5 Å². The Labute approximate surface area is 125 Å². The molecule has 0 spiro atoms. The molecule has 2 aromatic rings. The van der Waals surface area contributed by atoms with E-state index in [4.69, 9.17) is 5.73 Å². The topological polar surface area (TPSA) is 46.3 Å². The van der Waals surface area contributed by atoms with Gasteiger partial charge < -0.3 is 10.6 Å². The van der Waals surface area contributed by atoms with Crippen LogP contribution < -0.4 is 10.6 Å². The van der Waals surface area contributed by atoms with Crippen LogP contribution in [0.2, 0.25) is 0 Å². The van der Waals surface area contributed by atoms with Crippen LogP contribution in [-0.2, 0) is 24.2 Å². The van der Waals surface area contributed by atoms with Crippen LogP contribution >= 0.6 is 0 Å². The smallest absolute Gasteiger partial charge is 0.228 e. The summed E-state index contributed by atoms with van der Waals surface area (Å²) in [6.07, 6.45) is 2.36. The Hall–Kier alpha value is -2.13. The highest BCUT2D eigenvalue weighted by molar-refractivity contribution is 5.94. The summed E-state index contributed by atoms with van der Waals surface area (Å²) in [6.45, 7) is 1.02. The number of nitrogens with two attached hydrogens (primary N) is 1. The van der Waals surface area contributed by atoms with Crippen molar-refractivity contribution < 1.29 is 4.79 Å². The first-order chi connectivity index (χ1) is 10.3. The maximum absolute atomic E-state index is 12.5. The minimum Gasteiger partial charge on any atom is -0.330 e. The molecule has 0 bridgehead atoms. The fourth-order valence-electron chi connectivity index (χ4n) is 2.95. The molecule has 21 heavy (non-hydrogen) atoms. The second kappa shape index (κ2) is 6.10. The quantitative estimate of drug-likeness (QED) is 0.919. The summed E-state index contributed by atoms with van der Waals surface area (Å²) in [5.41, 5.74) is 10.4. The molecule has 0 atom stereocenters. The molecule has 0 aliphatic carbocycles. The normalized spacial score (nSPS) is 13.9. The van der Waals surface area contributed by atoms with Crippen molar-refractivity contribution >= 4 is 11.6 Å². The van der Waals surface area contributed by atoms with Gasteiger partial charge in [-0.05, 0) is 35.6 Å². The maximum atomic E-state index is 12.5. The van der Waals surface area contributed by atoms with E-state index in [9.17, 15) is 4.79 Å². The molecule has 0 unspecified atom stereocenters. The molecule has 0 fully saturated rings. The molecule has 1 aliphatic rings. The molecule has 0 saturated carbocycles. The van der Waals surface area contributed by atoms with Gasteiger partial charge in [-0.1, -0.05) is 42.5 Å². The Kier molecular flexibility index (Phi) is 4.02. The van der Waals surface area contributed by atoms with Gasteiger partial charge in [-0.3, -0.25) is 4.79 Å². The van der Waals surface area contributed by atoms with Crippen molar-refractivity contribution in [3.63, 3.8) is 0 Å². The highest BCUT2D eigenvalue weighted by Gasteiger charge is 2.21. The first kappa shape index (κ1) is 13.8. The second-order valence-electron chi connectivity index (χ2n) is 5.42. The summed E-state index contributed by atoms with van der Waals surface area (Å²) in [6, 6.07) is 16.6. The van der Waals surface area contributed by atoms with Gasteiger partial charge in [0.25, 0.3) is 0 Å². The minimum absolute atomic E-state index is 0.0988. The molecule has 1 heterocycles. The van der Waals surface area contributed by atoms with E-state index in [-0.39, 0.29) is 5.91 Å². The summed E-state index contributed by atoms with van der Waals surface area (Å²) in [7, 11) is 0. The van der Waals surface area contributed by atoms with E-state index in [1.54, 1.807) is 0 Å². The van der Waals surface area contributed by atoms with Gasteiger partial charge in [0.1, 0.15) is 0 Å². The van der Waals surface area contributed by atoms with E-state index in [0.717, 1.165) is 18.5 Å². The van der Waals surface area contributed by atoms with E-state index in [2.05, 4.69) is 24.3 Å². The molecular weight excluding hydrogens is 260 g/mol. The van der Waals surface area contributed by atoms with Crippen molar-refractivity contribution in [2.45, 2.75) is 25.8 Å². The van der Waals surface area contributed by atoms with Crippen LogP contribution in [0.3, 0.4) is 0 Å². The van der Waals surface area contributed by atoms with Gasteiger partial charge in [-0.2, -0.15) is 0 Å². The standard InChI is InChI=1S/C18H20N2O/c19-12-11-18(21)20-13-16-7-2-1-5-14(16)9-10-15-6-3-4-8-17(15)20/h1-8H,9-13,19H2. The van der Waals surface area contributed by atoms with E-state index >= 15 is 0 Å². The molecule has 0 aromatic heterocycles. The van der Waals surface area contributed by atoms with Crippen LogP contribution in [0.1, 0.15) is 23.1 Å².